The van der Waals surface area contributed by atoms with Crippen molar-refractivity contribution >= 4 is 11.6 Å². The molecule has 2 rings (SSSR count). The minimum atomic E-state index is -0.112. The molecule has 0 aromatic heterocycles. The molecule has 0 radical (unpaired) electrons. The average Bonchev–Trinajstić information content (AvgIpc) is 2.66. The molecule has 1 aliphatic carbocycles. The van der Waals surface area contributed by atoms with Crippen molar-refractivity contribution in [2.45, 2.75) is 39.0 Å². The zero-order chi connectivity index (χ0) is 13.0. The summed E-state index contributed by atoms with van der Waals surface area (Å²) < 4.78 is 5.64. The third-order valence-corrected chi connectivity index (χ3v) is 3.18. The first-order valence-electron chi connectivity index (χ1n) is 6.56. The van der Waals surface area contributed by atoms with Crippen LogP contribution in [0.3, 0.4) is 0 Å². The number of ketones is 2. The van der Waals surface area contributed by atoms with Gasteiger partial charge in [0.15, 0.2) is 11.6 Å². The highest BCUT2D eigenvalue weighted by molar-refractivity contribution is 6.25. The number of fused-ring (bicyclic) bond motifs is 1. The fraction of sp³-hybridized carbons (Fsp3) is 0.467. The third-order valence-electron chi connectivity index (χ3n) is 3.18. The highest BCUT2D eigenvalue weighted by atomic mass is 16.5. The van der Waals surface area contributed by atoms with Gasteiger partial charge < -0.3 is 4.74 Å². The smallest absolute Gasteiger partial charge is 0.175 e. The largest absolute Gasteiger partial charge is 0.493 e. The Bertz CT molecular complexity index is 463. The quantitative estimate of drug-likeness (QED) is 0.570. The zero-order valence-electron chi connectivity index (χ0n) is 10.7. The summed E-state index contributed by atoms with van der Waals surface area (Å²) in [6, 6.07) is 5.25. The number of unbranched alkanes of at least 4 members (excludes halogenated alkanes) is 3. The van der Waals surface area contributed by atoms with Crippen LogP contribution >= 0.6 is 0 Å². The Kier molecular flexibility index (Phi) is 4.13. The van der Waals surface area contributed by atoms with E-state index in [4.69, 9.17) is 4.74 Å². The van der Waals surface area contributed by atoms with Crippen LogP contribution in [0.4, 0.5) is 0 Å². The lowest BCUT2D eigenvalue weighted by molar-refractivity contribution is 0.0922. The number of Topliss-reactive ketones (excluding diaryl/α,β-unsaturated/α-hetero) is 2. The van der Waals surface area contributed by atoms with E-state index >= 15 is 0 Å². The number of hydrogen-bond acceptors (Lipinski definition) is 3. The summed E-state index contributed by atoms with van der Waals surface area (Å²) in [4.78, 5) is 23.3. The van der Waals surface area contributed by atoms with E-state index in [-0.39, 0.29) is 18.0 Å². The summed E-state index contributed by atoms with van der Waals surface area (Å²) in [6.45, 7) is 2.77. The maximum atomic E-state index is 11.7. The molecular formula is C15H18O3. The van der Waals surface area contributed by atoms with Crippen LogP contribution in [0.2, 0.25) is 0 Å². The van der Waals surface area contributed by atoms with E-state index in [0.717, 1.165) is 12.8 Å². The van der Waals surface area contributed by atoms with Crippen LogP contribution in [0.15, 0.2) is 18.2 Å². The van der Waals surface area contributed by atoms with Crippen LogP contribution < -0.4 is 4.74 Å². The Morgan fingerprint density at radius 1 is 1.11 bits per heavy atom. The van der Waals surface area contributed by atoms with Gasteiger partial charge >= 0.3 is 0 Å². The second-order valence-corrected chi connectivity index (χ2v) is 4.61. The number of rotatable bonds is 6. The van der Waals surface area contributed by atoms with Gasteiger partial charge in [-0.15, -0.1) is 0 Å². The molecule has 0 saturated heterocycles. The van der Waals surface area contributed by atoms with Gasteiger partial charge in [0.05, 0.1) is 18.6 Å². The summed E-state index contributed by atoms with van der Waals surface area (Å²) in [5, 5.41) is 0. The molecule has 1 aromatic rings. The predicted octanol–water partition coefficient (Wildman–Crippen LogP) is 3.41. The van der Waals surface area contributed by atoms with Crippen molar-refractivity contribution in [3.63, 3.8) is 0 Å². The van der Waals surface area contributed by atoms with Crippen LogP contribution in [0.5, 0.6) is 5.75 Å². The van der Waals surface area contributed by atoms with Crippen molar-refractivity contribution in [3.05, 3.63) is 29.3 Å². The molecular weight excluding hydrogens is 228 g/mol. The average molecular weight is 246 g/mol. The van der Waals surface area contributed by atoms with Crippen molar-refractivity contribution in [3.8, 4) is 5.75 Å². The van der Waals surface area contributed by atoms with E-state index in [1.165, 1.54) is 12.8 Å². The van der Waals surface area contributed by atoms with E-state index in [9.17, 15) is 9.59 Å². The zero-order valence-corrected chi connectivity index (χ0v) is 10.7. The molecule has 18 heavy (non-hydrogen) atoms. The summed E-state index contributed by atoms with van der Waals surface area (Å²) in [5.74, 6) is 0.366. The van der Waals surface area contributed by atoms with Gasteiger partial charge in [-0.1, -0.05) is 38.3 Å². The Morgan fingerprint density at radius 2 is 1.94 bits per heavy atom. The van der Waals surface area contributed by atoms with E-state index in [1.54, 1.807) is 18.2 Å². The minimum Gasteiger partial charge on any atom is -0.493 e. The molecule has 0 heterocycles. The van der Waals surface area contributed by atoms with E-state index in [0.29, 0.717) is 23.5 Å². The van der Waals surface area contributed by atoms with Crippen molar-refractivity contribution < 1.29 is 14.3 Å². The first-order chi connectivity index (χ1) is 8.74. The van der Waals surface area contributed by atoms with E-state index in [2.05, 4.69) is 6.92 Å². The lowest BCUT2D eigenvalue weighted by Crippen LogP contribution is -2.02. The Morgan fingerprint density at radius 3 is 2.72 bits per heavy atom. The Balaban J connectivity index is 2.02. The van der Waals surface area contributed by atoms with Gasteiger partial charge in [0.1, 0.15) is 5.75 Å². The third kappa shape index (κ3) is 2.61. The molecule has 0 N–H and O–H groups in total. The number of carbonyl (C=O) groups excluding carboxylic acids is 2. The van der Waals surface area contributed by atoms with Crippen LogP contribution in [-0.2, 0) is 0 Å². The number of carbonyl (C=O) groups is 2. The molecule has 0 aliphatic heterocycles. The van der Waals surface area contributed by atoms with Gasteiger partial charge in [0.25, 0.3) is 0 Å². The molecule has 1 aliphatic rings. The fourth-order valence-electron chi connectivity index (χ4n) is 2.21. The highest BCUT2D eigenvalue weighted by Gasteiger charge is 2.30. The molecule has 0 bridgehead atoms. The number of ether oxygens (including phenoxy) is 1. The first-order valence-corrected chi connectivity index (χ1v) is 6.56. The fourth-order valence-corrected chi connectivity index (χ4v) is 2.21. The maximum Gasteiger partial charge on any atom is 0.175 e. The molecule has 3 heteroatoms. The molecule has 0 amide bonds. The summed E-state index contributed by atoms with van der Waals surface area (Å²) in [6.07, 6.45) is 4.50. The van der Waals surface area contributed by atoms with E-state index < -0.39 is 0 Å². The lowest BCUT2D eigenvalue weighted by atomic mass is 10.1. The van der Waals surface area contributed by atoms with Crippen LogP contribution in [0.1, 0.15) is 59.7 Å². The molecule has 1 aromatic carbocycles. The van der Waals surface area contributed by atoms with Gasteiger partial charge in [0, 0.05) is 5.56 Å². The van der Waals surface area contributed by atoms with Crippen molar-refractivity contribution in [2.24, 2.45) is 0 Å². The highest BCUT2D eigenvalue weighted by Crippen LogP contribution is 2.30. The molecule has 3 nitrogen and oxygen atoms in total. The minimum absolute atomic E-state index is 0.00839. The SMILES string of the molecule is CCCCCCOc1cccc2c1C(=O)CC2=O. The molecule has 0 unspecified atom stereocenters. The molecule has 96 valence electrons. The molecule has 0 spiro atoms. The normalized spacial score (nSPS) is 13.8. The van der Waals surface area contributed by atoms with Gasteiger partial charge in [-0.05, 0) is 12.5 Å². The van der Waals surface area contributed by atoms with Gasteiger partial charge in [-0.3, -0.25) is 9.59 Å². The second-order valence-electron chi connectivity index (χ2n) is 4.61. The van der Waals surface area contributed by atoms with Crippen LogP contribution in [0, 0.1) is 0 Å². The van der Waals surface area contributed by atoms with Gasteiger partial charge in [-0.2, -0.15) is 0 Å². The first kappa shape index (κ1) is 12.8. The Labute approximate surface area is 107 Å². The standard InChI is InChI=1S/C15H18O3/c1-2-3-4-5-9-18-14-8-6-7-11-12(16)10-13(17)15(11)14/h6-8H,2-5,9-10H2,1H3. The molecule has 0 atom stereocenters. The molecule has 0 saturated carbocycles. The van der Waals surface area contributed by atoms with Crippen LogP contribution in [0.25, 0.3) is 0 Å². The van der Waals surface area contributed by atoms with Gasteiger partial charge in [0.2, 0.25) is 0 Å². The maximum absolute atomic E-state index is 11.7. The van der Waals surface area contributed by atoms with Crippen molar-refractivity contribution in [2.75, 3.05) is 6.61 Å². The lowest BCUT2D eigenvalue weighted by Gasteiger charge is -2.09. The summed E-state index contributed by atoms with van der Waals surface area (Å²) in [7, 11) is 0. The van der Waals surface area contributed by atoms with Crippen LogP contribution in [-0.4, -0.2) is 18.2 Å². The van der Waals surface area contributed by atoms with Crippen molar-refractivity contribution in [1.82, 2.24) is 0 Å². The second kappa shape index (κ2) is 5.80. The predicted molar refractivity (Wildman–Crippen MR) is 69.4 cm³/mol. The Hall–Kier alpha value is -1.64. The molecule has 0 fully saturated rings. The number of hydrogen-bond donors (Lipinski definition) is 0. The van der Waals surface area contributed by atoms with Gasteiger partial charge in [-0.25, -0.2) is 0 Å². The summed E-state index contributed by atoms with van der Waals surface area (Å²) in [5.41, 5.74) is 1.00. The number of benzene rings is 1. The van der Waals surface area contributed by atoms with E-state index in [1.807, 2.05) is 0 Å². The monoisotopic (exact) mass is 246 g/mol. The topological polar surface area (TPSA) is 43.4 Å². The summed E-state index contributed by atoms with van der Waals surface area (Å²) >= 11 is 0. The van der Waals surface area contributed by atoms with Crippen molar-refractivity contribution in [1.29, 1.82) is 0 Å².